The maximum absolute atomic E-state index is 12.5. The molecule has 0 spiro atoms. The van der Waals surface area contributed by atoms with Crippen molar-refractivity contribution in [1.29, 1.82) is 5.26 Å². The van der Waals surface area contributed by atoms with E-state index in [2.05, 4.69) is 0 Å². The van der Waals surface area contributed by atoms with Crippen molar-refractivity contribution in [2.75, 3.05) is 40.0 Å². The normalized spacial score (nSPS) is 14.4. The summed E-state index contributed by atoms with van der Waals surface area (Å²) in [4.78, 5) is 25.7. The molecular formula is C20H24N2O6. The maximum Gasteiger partial charge on any atom is 0.344 e. The number of nitriles is 1. The first kappa shape index (κ1) is 21.3. The van der Waals surface area contributed by atoms with E-state index in [9.17, 15) is 14.9 Å². The zero-order valence-corrected chi connectivity index (χ0v) is 16.3. The number of methoxy groups -OCH3 is 1. The molecule has 0 radical (unpaired) electrons. The highest BCUT2D eigenvalue weighted by Gasteiger charge is 2.20. The molecular weight excluding hydrogens is 364 g/mol. The second-order valence-corrected chi connectivity index (χ2v) is 6.31. The van der Waals surface area contributed by atoms with Gasteiger partial charge in [-0.2, -0.15) is 5.26 Å². The average molecular weight is 388 g/mol. The Labute approximate surface area is 164 Å². The predicted octanol–water partition coefficient (Wildman–Crippen LogP) is 1.79. The molecule has 28 heavy (non-hydrogen) atoms. The number of hydrogen-bond donors (Lipinski definition) is 0. The van der Waals surface area contributed by atoms with Crippen molar-refractivity contribution < 1.29 is 28.5 Å². The van der Waals surface area contributed by atoms with Gasteiger partial charge in [0.15, 0.2) is 18.1 Å². The first-order chi connectivity index (χ1) is 13.4. The third-order valence-electron chi connectivity index (χ3n) is 3.86. The number of rotatable bonds is 7. The molecule has 1 aliphatic rings. The molecule has 0 bridgehead atoms. The van der Waals surface area contributed by atoms with Crippen LogP contribution < -0.4 is 9.47 Å². The Morgan fingerprint density at radius 1 is 1.29 bits per heavy atom. The van der Waals surface area contributed by atoms with E-state index in [0.717, 1.165) is 0 Å². The molecule has 1 heterocycles. The zero-order valence-electron chi connectivity index (χ0n) is 16.3. The van der Waals surface area contributed by atoms with Crippen molar-refractivity contribution in [3.8, 4) is 17.6 Å². The van der Waals surface area contributed by atoms with Crippen LogP contribution in [0.4, 0.5) is 0 Å². The lowest BCUT2D eigenvalue weighted by Gasteiger charge is -2.26. The molecule has 0 aliphatic carbocycles. The lowest BCUT2D eigenvalue weighted by Crippen LogP contribution is -2.41. The number of carbonyl (C=O) groups is 2. The molecule has 0 saturated carbocycles. The number of hydrogen-bond acceptors (Lipinski definition) is 7. The summed E-state index contributed by atoms with van der Waals surface area (Å²) in [6.07, 6.45) is 1.27. The largest absolute Gasteiger partial charge is 0.493 e. The number of ether oxygens (including phenoxy) is 4. The van der Waals surface area contributed by atoms with Crippen LogP contribution >= 0.6 is 0 Å². The van der Waals surface area contributed by atoms with E-state index < -0.39 is 5.97 Å². The number of esters is 1. The van der Waals surface area contributed by atoms with Gasteiger partial charge in [0, 0.05) is 13.1 Å². The van der Waals surface area contributed by atoms with Gasteiger partial charge in [-0.05, 0) is 37.6 Å². The van der Waals surface area contributed by atoms with Crippen LogP contribution in [0.2, 0.25) is 0 Å². The fraction of sp³-hybridized carbons (Fsp3) is 0.450. The monoisotopic (exact) mass is 388 g/mol. The topological polar surface area (TPSA) is 98.1 Å². The second kappa shape index (κ2) is 10.3. The van der Waals surface area contributed by atoms with Gasteiger partial charge in [-0.15, -0.1) is 0 Å². The molecule has 2 rings (SSSR count). The van der Waals surface area contributed by atoms with Crippen molar-refractivity contribution in [1.82, 2.24) is 4.90 Å². The summed E-state index contributed by atoms with van der Waals surface area (Å²) in [5, 5.41) is 9.38. The summed E-state index contributed by atoms with van der Waals surface area (Å²) in [5.41, 5.74) is 0.630. The molecule has 0 unspecified atom stereocenters. The van der Waals surface area contributed by atoms with Crippen molar-refractivity contribution in [3.63, 3.8) is 0 Å². The molecule has 0 N–H and O–H groups in total. The molecule has 1 aliphatic heterocycles. The van der Waals surface area contributed by atoms with Crippen LogP contribution in [-0.2, 0) is 19.1 Å². The Balaban J connectivity index is 2.12. The van der Waals surface area contributed by atoms with Gasteiger partial charge >= 0.3 is 5.97 Å². The summed E-state index contributed by atoms with van der Waals surface area (Å²) in [7, 11) is 1.46. The molecule has 1 aromatic carbocycles. The summed E-state index contributed by atoms with van der Waals surface area (Å²) in [6, 6.07) is 6.87. The Morgan fingerprint density at radius 2 is 2.00 bits per heavy atom. The van der Waals surface area contributed by atoms with E-state index in [1.165, 1.54) is 13.2 Å². The van der Waals surface area contributed by atoms with E-state index in [1.807, 2.05) is 6.07 Å². The van der Waals surface area contributed by atoms with Gasteiger partial charge in [0.25, 0.3) is 5.91 Å². The quantitative estimate of drug-likeness (QED) is 0.399. The minimum Gasteiger partial charge on any atom is -0.493 e. The Bertz CT molecular complexity index is 775. The van der Waals surface area contributed by atoms with E-state index >= 15 is 0 Å². The number of morpholine rings is 1. The number of carbonyl (C=O) groups excluding carboxylic acids is 2. The smallest absolute Gasteiger partial charge is 0.344 e. The standard InChI is InChI=1S/C20H24N2O6/c1-14(2)28-19(23)13-27-17-5-4-15(11-18(17)25-3)10-16(12-21)20(24)22-6-8-26-9-7-22/h4-5,10-11,14H,6-9,13H2,1-3H3/b16-10-. The summed E-state index contributed by atoms with van der Waals surface area (Å²) < 4.78 is 21.0. The van der Waals surface area contributed by atoms with Gasteiger partial charge in [-0.25, -0.2) is 4.79 Å². The molecule has 1 fully saturated rings. The summed E-state index contributed by atoms with van der Waals surface area (Å²) in [6.45, 7) is 5.10. The number of benzene rings is 1. The number of amides is 1. The van der Waals surface area contributed by atoms with Crippen molar-refractivity contribution in [3.05, 3.63) is 29.3 Å². The first-order valence-electron chi connectivity index (χ1n) is 8.93. The summed E-state index contributed by atoms with van der Waals surface area (Å²) >= 11 is 0. The van der Waals surface area contributed by atoms with Crippen molar-refractivity contribution >= 4 is 18.0 Å². The van der Waals surface area contributed by atoms with Crippen molar-refractivity contribution in [2.24, 2.45) is 0 Å². The molecule has 1 saturated heterocycles. The fourth-order valence-electron chi connectivity index (χ4n) is 2.57. The van der Waals surface area contributed by atoms with Crippen LogP contribution in [0.1, 0.15) is 19.4 Å². The highest BCUT2D eigenvalue weighted by Crippen LogP contribution is 2.29. The summed E-state index contributed by atoms with van der Waals surface area (Å²) in [5.74, 6) is -0.0778. The van der Waals surface area contributed by atoms with Gasteiger partial charge in [0.1, 0.15) is 11.6 Å². The lowest BCUT2D eigenvalue weighted by molar-refractivity contribution is -0.149. The second-order valence-electron chi connectivity index (χ2n) is 6.31. The SMILES string of the molecule is COc1cc(/C=C(/C#N)C(=O)N2CCOCC2)ccc1OCC(=O)OC(C)C. The molecule has 8 nitrogen and oxygen atoms in total. The van der Waals surface area contributed by atoms with Gasteiger partial charge in [-0.3, -0.25) is 4.79 Å². The van der Waals surface area contributed by atoms with Crippen LogP contribution in [0.15, 0.2) is 23.8 Å². The third-order valence-corrected chi connectivity index (χ3v) is 3.86. The molecule has 8 heteroatoms. The maximum atomic E-state index is 12.5. The van der Waals surface area contributed by atoms with Gasteiger partial charge in [-0.1, -0.05) is 6.07 Å². The average Bonchev–Trinajstić information content (AvgIpc) is 2.70. The van der Waals surface area contributed by atoms with Crippen LogP contribution in [0.5, 0.6) is 11.5 Å². The molecule has 150 valence electrons. The van der Waals surface area contributed by atoms with Gasteiger partial charge in [0.2, 0.25) is 0 Å². The molecule has 1 amide bonds. The lowest BCUT2D eigenvalue weighted by atomic mass is 10.1. The highest BCUT2D eigenvalue weighted by atomic mass is 16.6. The van der Waals surface area contributed by atoms with E-state index in [4.69, 9.17) is 18.9 Å². The van der Waals surface area contributed by atoms with E-state index in [0.29, 0.717) is 43.4 Å². The van der Waals surface area contributed by atoms with Crippen molar-refractivity contribution in [2.45, 2.75) is 20.0 Å². The zero-order chi connectivity index (χ0) is 20.5. The van der Waals surface area contributed by atoms with Crippen LogP contribution in [0.25, 0.3) is 6.08 Å². The molecule has 0 atom stereocenters. The number of nitrogens with zero attached hydrogens (tertiary/aromatic N) is 2. The van der Waals surface area contributed by atoms with Crippen LogP contribution in [0.3, 0.4) is 0 Å². The Morgan fingerprint density at radius 3 is 2.61 bits per heavy atom. The Kier molecular flexibility index (Phi) is 7.84. The minimum absolute atomic E-state index is 0.0260. The van der Waals surface area contributed by atoms with Gasteiger partial charge in [0.05, 0.1) is 26.4 Å². The van der Waals surface area contributed by atoms with Crippen LogP contribution in [-0.4, -0.2) is 62.9 Å². The van der Waals surface area contributed by atoms with E-state index in [-0.39, 0.29) is 24.2 Å². The molecule has 1 aromatic rings. The predicted molar refractivity (Wildman–Crippen MR) is 101 cm³/mol. The molecule has 0 aromatic heterocycles. The van der Waals surface area contributed by atoms with E-state index in [1.54, 1.807) is 36.9 Å². The first-order valence-corrected chi connectivity index (χ1v) is 8.93. The highest BCUT2D eigenvalue weighted by molar-refractivity contribution is 6.01. The minimum atomic E-state index is -0.483. The fourth-order valence-corrected chi connectivity index (χ4v) is 2.57. The van der Waals surface area contributed by atoms with Gasteiger partial charge < -0.3 is 23.8 Å². The third kappa shape index (κ3) is 5.99. The van der Waals surface area contributed by atoms with Crippen LogP contribution in [0, 0.1) is 11.3 Å². The Hall–Kier alpha value is -3.05.